The predicted octanol–water partition coefficient (Wildman–Crippen LogP) is 2.56. The molecule has 2 rings (SSSR count). The standard InChI is InChI=1S/C15H28N4S/c1-5-7-16-10-14-12(3)17-18(4)15(14)19-8-9-20-13(6-2)11-19/h13,16H,5-11H2,1-4H3. The molecule has 1 N–H and O–H groups in total. The summed E-state index contributed by atoms with van der Waals surface area (Å²) < 4.78 is 2.07. The summed E-state index contributed by atoms with van der Waals surface area (Å²) in [7, 11) is 2.08. The van der Waals surface area contributed by atoms with E-state index in [1.165, 1.54) is 30.0 Å². The van der Waals surface area contributed by atoms with Crippen LogP contribution in [0.3, 0.4) is 0 Å². The fourth-order valence-electron chi connectivity index (χ4n) is 2.84. The van der Waals surface area contributed by atoms with E-state index in [0.717, 1.165) is 37.1 Å². The van der Waals surface area contributed by atoms with Gasteiger partial charge >= 0.3 is 0 Å². The second-order valence-electron chi connectivity index (χ2n) is 5.54. The van der Waals surface area contributed by atoms with Gasteiger partial charge in [0.15, 0.2) is 0 Å². The smallest absolute Gasteiger partial charge is 0.131 e. The van der Waals surface area contributed by atoms with Crippen molar-refractivity contribution in [3.63, 3.8) is 0 Å². The van der Waals surface area contributed by atoms with Crippen LogP contribution >= 0.6 is 11.8 Å². The van der Waals surface area contributed by atoms with Crippen molar-refractivity contribution < 1.29 is 0 Å². The van der Waals surface area contributed by atoms with Gasteiger partial charge in [-0.25, -0.2) is 0 Å². The number of aromatic nitrogens is 2. The van der Waals surface area contributed by atoms with Gasteiger partial charge in [0.1, 0.15) is 5.82 Å². The predicted molar refractivity (Wildman–Crippen MR) is 88.7 cm³/mol. The lowest BCUT2D eigenvalue weighted by Crippen LogP contribution is -2.39. The molecule has 20 heavy (non-hydrogen) atoms. The number of rotatable bonds is 6. The zero-order valence-corrected chi connectivity index (χ0v) is 14.1. The highest BCUT2D eigenvalue weighted by Gasteiger charge is 2.24. The summed E-state index contributed by atoms with van der Waals surface area (Å²) in [5.41, 5.74) is 2.54. The third-order valence-electron chi connectivity index (χ3n) is 3.94. The summed E-state index contributed by atoms with van der Waals surface area (Å²) in [6.45, 7) is 10.9. The highest BCUT2D eigenvalue weighted by atomic mass is 32.2. The number of nitrogens with zero attached hydrogens (tertiary/aromatic N) is 3. The zero-order chi connectivity index (χ0) is 14.5. The van der Waals surface area contributed by atoms with Crippen molar-refractivity contribution >= 4 is 17.6 Å². The minimum Gasteiger partial charge on any atom is -0.355 e. The van der Waals surface area contributed by atoms with E-state index in [9.17, 15) is 0 Å². The van der Waals surface area contributed by atoms with E-state index in [2.05, 4.69) is 59.6 Å². The number of hydrogen-bond donors (Lipinski definition) is 1. The van der Waals surface area contributed by atoms with Crippen LogP contribution in [0.1, 0.15) is 37.9 Å². The minimum absolute atomic E-state index is 0.760. The van der Waals surface area contributed by atoms with Crippen molar-refractivity contribution in [2.75, 3.05) is 30.3 Å². The Kier molecular flexibility index (Phi) is 5.78. The normalized spacial score (nSPS) is 19.6. The lowest BCUT2D eigenvalue weighted by Gasteiger charge is -2.34. The van der Waals surface area contributed by atoms with Crippen LogP contribution in [-0.4, -0.2) is 40.4 Å². The molecular weight excluding hydrogens is 268 g/mol. The summed E-state index contributed by atoms with van der Waals surface area (Å²) in [5, 5.41) is 8.93. The van der Waals surface area contributed by atoms with Gasteiger partial charge in [0.05, 0.1) is 5.69 Å². The van der Waals surface area contributed by atoms with E-state index in [0.29, 0.717) is 0 Å². The molecule has 5 heteroatoms. The number of thioether (sulfide) groups is 1. The number of nitrogens with one attached hydrogen (secondary N) is 1. The maximum atomic E-state index is 4.64. The molecule has 4 nitrogen and oxygen atoms in total. The van der Waals surface area contributed by atoms with Gasteiger partial charge in [-0.05, 0) is 26.3 Å². The molecule has 0 amide bonds. The van der Waals surface area contributed by atoms with Crippen molar-refractivity contribution in [1.82, 2.24) is 15.1 Å². The molecule has 0 aliphatic carbocycles. The fourth-order valence-corrected chi connectivity index (χ4v) is 4.02. The summed E-state index contributed by atoms with van der Waals surface area (Å²) >= 11 is 2.11. The van der Waals surface area contributed by atoms with Crippen LogP contribution < -0.4 is 10.2 Å². The van der Waals surface area contributed by atoms with E-state index in [-0.39, 0.29) is 0 Å². The molecule has 1 aromatic rings. The first-order valence-corrected chi connectivity index (χ1v) is 8.81. The van der Waals surface area contributed by atoms with Crippen molar-refractivity contribution in [2.24, 2.45) is 7.05 Å². The highest BCUT2D eigenvalue weighted by Crippen LogP contribution is 2.29. The molecule has 1 aliphatic rings. The molecule has 0 spiro atoms. The van der Waals surface area contributed by atoms with Crippen LogP contribution in [0, 0.1) is 6.92 Å². The topological polar surface area (TPSA) is 33.1 Å². The second kappa shape index (κ2) is 7.36. The van der Waals surface area contributed by atoms with Gasteiger partial charge in [-0.1, -0.05) is 13.8 Å². The van der Waals surface area contributed by atoms with Crippen molar-refractivity contribution in [3.05, 3.63) is 11.3 Å². The quantitative estimate of drug-likeness (QED) is 0.818. The first kappa shape index (κ1) is 15.7. The average Bonchev–Trinajstić information content (AvgIpc) is 2.73. The van der Waals surface area contributed by atoms with Crippen molar-refractivity contribution in [2.45, 2.75) is 45.4 Å². The second-order valence-corrected chi connectivity index (χ2v) is 6.94. The Morgan fingerprint density at radius 2 is 2.20 bits per heavy atom. The third-order valence-corrected chi connectivity index (χ3v) is 5.31. The minimum atomic E-state index is 0.760. The van der Waals surface area contributed by atoms with Crippen LogP contribution in [0.15, 0.2) is 0 Å². The Hall–Kier alpha value is -0.680. The zero-order valence-electron chi connectivity index (χ0n) is 13.3. The van der Waals surface area contributed by atoms with Gasteiger partial charge in [-0.2, -0.15) is 16.9 Å². The van der Waals surface area contributed by atoms with Gasteiger partial charge in [-0.15, -0.1) is 0 Å². The van der Waals surface area contributed by atoms with Crippen molar-refractivity contribution in [1.29, 1.82) is 0 Å². The molecule has 1 aromatic heterocycles. The summed E-state index contributed by atoms with van der Waals surface area (Å²) in [5.74, 6) is 2.55. The third kappa shape index (κ3) is 3.50. The summed E-state index contributed by atoms with van der Waals surface area (Å²) in [4.78, 5) is 2.54. The largest absolute Gasteiger partial charge is 0.355 e. The van der Waals surface area contributed by atoms with Gasteiger partial charge in [0.2, 0.25) is 0 Å². The van der Waals surface area contributed by atoms with Gasteiger partial charge in [0, 0.05) is 43.2 Å². The summed E-state index contributed by atoms with van der Waals surface area (Å²) in [6.07, 6.45) is 2.42. The maximum Gasteiger partial charge on any atom is 0.131 e. The molecule has 0 radical (unpaired) electrons. The van der Waals surface area contributed by atoms with Gasteiger partial charge in [-0.3, -0.25) is 4.68 Å². The van der Waals surface area contributed by atoms with E-state index in [1.54, 1.807) is 0 Å². The van der Waals surface area contributed by atoms with Crippen LogP contribution in [0.4, 0.5) is 5.82 Å². The molecule has 1 saturated heterocycles. The highest BCUT2D eigenvalue weighted by molar-refractivity contribution is 8.00. The Morgan fingerprint density at radius 1 is 1.40 bits per heavy atom. The number of aryl methyl sites for hydroxylation is 2. The first-order chi connectivity index (χ1) is 9.67. The molecule has 1 unspecified atom stereocenters. The molecule has 0 aromatic carbocycles. The molecule has 1 fully saturated rings. The Bertz CT molecular complexity index is 430. The van der Waals surface area contributed by atoms with E-state index in [4.69, 9.17) is 0 Å². The van der Waals surface area contributed by atoms with Gasteiger partial charge in [0.25, 0.3) is 0 Å². The SMILES string of the molecule is CCCNCc1c(C)nn(C)c1N1CCSC(CC)C1. The van der Waals surface area contributed by atoms with Crippen LogP contribution in [0.25, 0.3) is 0 Å². The molecule has 2 heterocycles. The molecule has 0 bridgehead atoms. The molecule has 0 saturated carbocycles. The van der Waals surface area contributed by atoms with Crippen LogP contribution in [0.2, 0.25) is 0 Å². The Morgan fingerprint density at radius 3 is 2.90 bits per heavy atom. The molecule has 1 aliphatic heterocycles. The first-order valence-electron chi connectivity index (χ1n) is 7.77. The number of anilines is 1. The molecule has 114 valence electrons. The van der Waals surface area contributed by atoms with E-state index in [1.807, 2.05) is 0 Å². The number of hydrogen-bond acceptors (Lipinski definition) is 4. The fraction of sp³-hybridized carbons (Fsp3) is 0.800. The van der Waals surface area contributed by atoms with Crippen LogP contribution in [-0.2, 0) is 13.6 Å². The average molecular weight is 296 g/mol. The van der Waals surface area contributed by atoms with E-state index >= 15 is 0 Å². The molecular formula is C15H28N4S. The lowest BCUT2D eigenvalue weighted by molar-refractivity contribution is 0.655. The molecule has 1 atom stereocenters. The lowest BCUT2D eigenvalue weighted by atomic mass is 10.2. The monoisotopic (exact) mass is 296 g/mol. The van der Waals surface area contributed by atoms with Gasteiger partial charge < -0.3 is 10.2 Å². The van der Waals surface area contributed by atoms with Crippen LogP contribution in [0.5, 0.6) is 0 Å². The maximum absolute atomic E-state index is 4.64. The Labute approximate surface area is 127 Å². The van der Waals surface area contributed by atoms with E-state index < -0.39 is 0 Å². The summed E-state index contributed by atoms with van der Waals surface area (Å²) in [6, 6.07) is 0. The van der Waals surface area contributed by atoms with Crippen molar-refractivity contribution in [3.8, 4) is 0 Å². The Balaban J connectivity index is 2.16.